The van der Waals surface area contributed by atoms with Crippen molar-refractivity contribution in [1.82, 2.24) is 0 Å². The van der Waals surface area contributed by atoms with Gasteiger partial charge in [0.25, 0.3) is 0 Å². The molecule has 7 heteroatoms. The Morgan fingerprint density at radius 2 is 2.00 bits per heavy atom. The standard InChI is InChI=1S/C20H23N3O3.ClH/c1-26-18-10-9-15(13-17(18)23-11-5-8-19(23)24)22-20(25)16(21)12-14-6-3-2-4-7-14;/h2-4,6-7,9-10,13,16H,5,8,11-12,21H2,1H3,(H,22,25);1H. The second-order valence-electron chi connectivity index (χ2n) is 6.32. The summed E-state index contributed by atoms with van der Waals surface area (Å²) in [4.78, 5) is 26.2. The Bertz CT molecular complexity index is 798. The molecule has 0 aliphatic carbocycles. The van der Waals surface area contributed by atoms with Crippen LogP contribution in [0, 0.1) is 0 Å². The lowest BCUT2D eigenvalue weighted by molar-refractivity contribution is -0.118. The van der Waals surface area contributed by atoms with Crippen LogP contribution in [0.5, 0.6) is 5.75 Å². The maximum Gasteiger partial charge on any atom is 0.241 e. The van der Waals surface area contributed by atoms with Gasteiger partial charge in [0.1, 0.15) is 5.75 Å². The molecule has 0 aromatic heterocycles. The van der Waals surface area contributed by atoms with Crippen LogP contribution in [0.15, 0.2) is 48.5 Å². The minimum atomic E-state index is -0.656. The van der Waals surface area contributed by atoms with Crippen molar-refractivity contribution in [1.29, 1.82) is 0 Å². The van der Waals surface area contributed by atoms with Crippen LogP contribution >= 0.6 is 12.4 Å². The number of hydrogen-bond acceptors (Lipinski definition) is 4. The van der Waals surface area contributed by atoms with Gasteiger partial charge in [-0.15, -0.1) is 12.4 Å². The highest BCUT2D eigenvalue weighted by molar-refractivity contribution is 5.99. The van der Waals surface area contributed by atoms with E-state index in [1.807, 2.05) is 30.3 Å². The monoisotopic (exact) mass is 389 g/mol. The number of amides is 2. The van der Waals surface area contributed by atoms with Crippen molar-refractivity contribution in [3.63, 3.8) is 0 Å². The lowest BCUT2D eigenvalue weighted by atomic mass is 10.1. The van der Waals surface area contributed by atoms with Gasteiger partial charge in [-0.05, 0) is 36.6 Å². The zero-order chi connectivity index (χ0) is 18.5. The molecular formula is C20H24ClN3O3. The van der Waals surface area contributed by atoms with Crippen LogP contribution in [-0.2, 0) is 16.0 Å². The number of carbonyl (C=O) groups is 2. The number of methoxy groups -OCH3 is 1. The first-order valence-corrected chi connectivity index (χ1v) is 8.67. The summed E-state index contributed by atoms with van der Waals surface area (Å²) in [5.74, 6) is 0.400. The third-order valence-corrected chi connectivity index (χ3v) is 4.45. The Labute approximate surface area is 165 Å². The maximum absolute atomic E-state index is 12.4. The maximum atomic E-state index is 12.4. The van der Waals surface area contributed by atoms with Crippen molar-refractivity contribution in [2.45, 2.75) is 25.3 Å². The van der Waals surface area contributed by atoms with Crippen LogP contribution < -0.4 is 20.7 Å². The predicted octanol–water partition coefficient (Wildman–Crippen LogP) is 2.75. The van der Waals surface area contributed by atoms with Crippen molar-refractivity contribution >= 4 is 35.6 Å². The van der Waals surface area contributed by atoms with Crippen molar-refractivity contribution in [3.8, 4) is 5.75 Å². The zero-order valence-corrected chi connectivity index (χ0v) is 16.0. The van der Waals surface area contributed by atoms with Gasteiger partial charge in [-0.3, -0.25) is 9.59 Å². The molecule has 1 atom stereocenters. The van der Waals surface area contributed by atoms with E-state index in [1.54, 1.807) is 30.2 Å². The van der Waals surface area contributed by atoms with E-state index in [9.17, 15) is 9.59 Å². The van der Waals surface area contributed by atoms with Gasteiger partial charge < -0.3 is 20.7 Å². The summed E-state index contributed by atoms with van der Waals surface area (Å²) in [5.41, 5.74) is 8.30. The second-order valence-corrected chi connectivity index (χ2v) is 6.32. The number of hydrogen-bond donors (Lipinski definition) is 2. The number of ether oxygens (including phenoxy) is 1. The molecule has 27 heavy (non-hydrogen) atoms. The quantitative estimate of drug-likeness (QED) is 0.795. The number of nitrogens with zero attached hydrogens (tertiary/aromatic N) is 1. The summed E-state index contributed by atoms with van der Waals surface area (Å²) in [6.07, 6.45) is 1.81. The minimum absolute atomic E-state index is 0. The summed E-state index contributed by atoms with van der Waals surface area (Å²) < 4.78 is 5.36. The van der Waals surface area contributed by atoms with Gasteiger partial charge in [0.15, 0.2) is 0 Å². The van der Waals surface area contributed by atoms with E-state index in [-0.39, 0.29) is 24.2 Å². The second kappa shape index (κ2) is 9.39. The molecule has 1 saturated heterocycles. The minimum Gasteiger partial charge on any atom is -0.495 e. The number of nitrogens with two attached hydrogens (primary N) is 1. The summed E-state index contributed by atoms with van der Waals surface area (Å²) in [6, 6.07) is 14.2. The lowest BCUT2D eigenvalue weighted by Gasteiger charge is -2.20. The molecule has 0 spiro atoms. The highest BCUT2D eigenvalue weighted by atomic mass is 35.5. The van der Waals surface area contributed by atoms with Gasteiger partial charge in [-0.2, -0.15) is 0 Å². The largest absolute Gasteiger partial charge is 0.495 e. The van der Waals surface area contributed by atoms with Gasteiger partial charge in [-0.1, -0.05) is 30.3 Å². The first-order valence-electron chi connectivity index (χ1n) is 8.67. The highest BCUT2D eigenvalue weighted by Gasteiger charge is 2.25. The van der Waals surface area contributed by atoms with Crippen LogP contribution in [0.4, 0.5) is 11.4 Å². The molecular weight excluding hydrogens is 366 g/mol. The fourth-order valence-corrected chi connectivity index (χ4v) is 3.08. The highest BCUT2D eigenvalue weighted by Crippen LogP contribution is 2.34. The van der Waals surface area contributed by atoms with E-state index >= 15 is 0 Å². The first kappa shape index (κ1) is 20.7. The normalized spacial score (nSPS) is 14.4. The summed E-state index contributed by atoms with van der Waals surface area (Å²) >= 11 is 0. The van der Waals surface area contributed by atoms with Crippen molar-refractivity contribution in [2.75, 3.05) is 23.9 Å². The number of carbonyl (C=O) groups excluding carboxylic acids is 2. The molecule has 1 aliphatic heterocycles. The summed E-state index contributed by atoms with van der Waals surface area (Å²) in [7, 11) is 1.56. The van der Waals surface area contributed by atoms with E-state index in [2.05, 4.69) is 5.32 Å². The molecule has 144 valence electrons. The molecule has 1 unspecified atom stereocenters. The Kier molecular flexibility index (Phi) is 7.21. The van der Waals surface area contributed by atoms with Gasteiger partial charge in [0.2, 0.25) is 11.8 Å². The first-order chi connectivity index (χ1) is 12.6. The summed E-state index contributed by atoms with van der Waals surface area (Å²) in [6.45, 7) is 0.653. The summed E-state index contributed by atoms with van der Waals surface area (Å²) in [5, 5.41) is 2.83. The van der Waals surface area contributed by atoms with Crippen LogP contribution in [0.3, 0.4) is 0 Å². The third kappa shape index (κ3) is 4.99. The topological polar surface area (TPSA) is 84.7 Å². The fraction of sp³-hybridized carbons (Fsp3) is 0.300. The molecule has 1 fully saturated rings. The van der Waals surface area contributed by atoms with Gasteiger partial charge in [0.05, 0.1) is 18.8 Å². The smallest absolute Gasteiger partial charge is 0.241 e. The fourth-order valence-electron chi connectivity index (χ4n) is 3.08. The van der Waals surface area contributed by atoms with Crippen LogP contribution in [0.2, 0.25) is 0 Å². The molecule has 1 aliphatic rings. The molecule has 0 radical (unpaired) electrons. The number of rotatable bonds is 6. The van der Waals surface area contributed by atoms with Gasteiger partial charge in [-0.25, -0.2) is 0 Å². The van der Waals surface area contributed by atoms with Crippen LogP contribution in [0.25, 0.3) is 0 Å². The number of nitrogens with one attached hydrogen (secondary N) is 1. The lowest BCUT2D eigenvalue weighted by Crippen LogP contribution is -2.37. The molecule has 0 saturated carbocycles. The molecule has 2 amide bonds. The Hall–Kier alpha value is -2.57. The molecule has 6 nitrogen and oxygen atoms in total. The van der Waals surface area contributed by atoms with Crippen LogP contribution in [0.1, 0.15) is 18.4 Å². The molecule has 2 aromatic carbocycles. The van der Waals surface area contributed by atoms with E-state index in [4.69, 9.17) is 10.5 Å². The van der Waals surface area contributed by atoms with Crippen LogP contribution in [-0.4, -0.2) is 31.5 Å². The Balaban J connectivity index is 0.00000261. The zero-order valence-electron chi connectivity index (χ0n) is 15.2. The SMILES string of the molecule is COc1ccc(NC(=O)C(N)Cc2ccccc2)cc1N1CCCC1=O.Cl. The molecule has 3 N–H and O–H groups in total. The van der Waals surface area contributed by atoms with Gasteiger partial charge >= 0.3 is 0 Å². The molecule has 2 aromatic rings. The molecule has 1 heterocycles. The third-order valence-electron chi connectivity index (χ3n) is 4.45. The van der Waals surface area contributed by atoms with E-state index in [0.29, 0.717) is 36.5 Å². The van der Waals surface area contributed by atoms with E-state index < -0.39 is 6.04 Å². The Morgan fingerprint density at radius 3 is 2.63 bits per heavy atom. The number of benzene rings is 2. The van der Waals surface area contributed by atoms with Crippen molar-refractivity contribution in [2.24, 2.45) is 5.73 Å². The Morgan fingerprint density at radius 1 is 1.26 bits per heavy atom. The average Bonchev–Trinajstić information content (AvgIpc) is 3.08. The van der Waals surface area contributed by atoms with Crippen molar-refractivity contribution in [3.05, 3.63) is 54.1 Å². The molecule has 0 bridgehead atoms. The van der Waals surface area contributed by atoms with E-state index in [1.165, 1.54) is 0 Å². The number of anilines is 2. The predicted molar refractivity (Wildman–Crippen MR) is 109 cm³/mol. The van der Waals surface area contributed by atoms with E-state index in [0.717, 1.165) is 12.0 Å². The van der Waals surface area contributed by atoms with Crippen molar-refractivity contribution < 1.29 is 14.3 Å². The average molecular weight is 390 g/mol. The number of halogens is 1. The molecule has 3 rings (SSSR count). The van der Waals surface area contributed by atoms with Gasteiger partial charge in [0, 0.05) is 18.7 Å².